The van der Waals surface area contributed by atoms with Gasteiger partial charge in [0.15, 0.2) is 0 Å². The molecule has 2 nitrogen and oxygen atoms in total. The minimum absolute atomic E-state index is 0.357. The van der Waals surface area contributed by atoms with Crippen LogP contribution in [0.2, 0.25) is 0 Å². The third kappa shape index (κ3) is 10.4. The molecule has 205 valence electrons. The monoisotopic (exact) mass is 668 g/mol. The fourth-order valence-electron chi connectivity index (χ4n) is 5.33. The summed E-state index contributed by atoms with van der Waals surface area (Å²) < 4.78 is 0. The fourth-order valence-corrected chi connectivity index (χ4v) is 12.9. The van der Waals surface area contributed by atoms with E-state index in [4.69, 9.17) is 28.3 Å². The van der Waals surface area contributed by atoms with E-state index in [1.165, 1.54) is 22.5 Å². The van der Waals surface area contributed by atoms with Crippen LogP contribution in [0.4, 0.5) is 11.4 Å². The Balaban J connectivity index is 0.00000142. The molecular weight excluding hydrogens is 617 g/mol. The van der Waals surface area contributed by atoms with Crippen LogP contribution in [-0.4, -0.2) is 33.2 Å². The predicted molar refractivity (Wildman–Crippen MR) is 168 cm³/mol. The number of benzene rings is 1. The quantitative estimate of drug-likeness (QED) is 0.179. The Morgan fingerprint density at radius 3 is 1.06 bits per heavy atom. The topological polar surface area (TPSA) is 6.48 Å². The van der Waals surface area contributed by atoms with Crippen LogP contribution in [-0.2, 0) is 14.2 Å². The summed E-state index contributed by atoms with van der Waals surface area (Å²) in [5.41, 5.74) is 5.64. The Morgan fingerprint density at radius 1 is 0.629 bits per heavy atom. The van der Waals surface area contributed by atoms with Crippen LogP contribution >= 0.6 is 44.1 Å². The number of halogens is 3. The summed E-state index contributed by atoms with van der Waals surface area (Å²) in [6, 6.07) is 4.87. The third-order valence-corrected chi connectivity index (χ3v) is 15.3. The van der Waals surface area contributed by atoms with Crippen LogP contribution in [0.25, 0.3) is 0 Å². The molecule has 1 aromatic rings. The normalized spacial score (nSPS) is 15.2. The van der Waals surface area contributed by atoms with Gasteiger partial charge in [0.25, 0.3) is 0 Å². The van der Waals surface area contributed by atoms with E-state index in [2.05, 4.69) is 126 Å². The van der Waals surface area contributed by atoms with Crippen LogP contribution in [0.3, 0.4) is 0 Å². The zero-order valence-corrected chi connectivity index (χ0v) is 30.9. The van der Waals surface area contributed by atoms with Gasteiger partial charge >= 0.3 is 42.4 Å². The summed E-state index contributed by atoms with van der Waals surface area (Å²) in [7, 11) is 13.6. The van der Waals surface area contributed by atoms with E-state index >= 15 is 0 Å². The number of hydrogen-bond donors (Lipinski definition) is 0. The van der Waals surface area contributed by atoms with Crippen molar-refractivity contribution in [3.05, 3.63) is 29.9 Å². The Kier molecular flexibility index (Phi) is 12.3. The van der Waals surface area contributed by atoms with Gasteiger partial charge in [-0.1, -0.05) is 0 Å². The molecule has 1 heterocycles. The molecule has 0 saturated carbocycles. The van der Waals surface area contributed by atoms with Crippen LogP contribution in [0.15, 0.2) is 12.1 Å². The maximum absolute atomic E-state index is 4.98. The molecule has 0 bridgehead atoms. The van der Waals surface area contributed by atoms with Crippen molar-refractivity contribution in [3.63, 3.8) is 0 Å². The zero-order valence-electron chi connectivity index (χ0n) is 24.6. The van der Waals surface area contributed by atoms with E-state index in [9.17, 15) is 0 Å². The SMILES string of the molecule is Cc1cc2c(cc1C)N(C[PH+](C(C)(C)C)C(C)(C)C)[CH-]N2C[PH+](C(C)(C)C)C(C)(C)C.[Cl][Mo]([Cl])[Cl]. The van der Waals surface area contributed by atoms with Gasteiger partial charge in [0.2, 0.25) is 0 Å². The van der Waals surface area contributed by atoms with Gasteiger partial charge in [0, 0.05) is 27.2 Å². The van der Waals surface area contributed by atoms with Gasteiger partial charge in [-0.05, 0) is 120 Å². The van der Waals surface area contributed by atoms with Crippen molar-refractivity contribution in [3.8, 4) is 0 Å². The molecule has 0 radical (unpaired) electrons. The second kappa shape index (κ2) is 12.6. The Labute approximate surface area is 238 Å². The molecular formula is C27H51Cl3MoN2P2+. The second-order valence-corrected chi connectivity index (χ2v) is 31.6. The number of nitrogens with zero attached hydrogens (tertiary/aromatic N) is 2. The van der Waals surface area contributed by atoms with E-state index in [1.807, 2.05) is 0 Å². The number of rotatable bonds is 4. The summed E-state index contributed by atoms with van der Waals surface area (Å²) in [6.45, 7) is 36.3. The number of aryl methyl sites for hydroxylation is 2. The number of anilines is 2. The average Bonchev–Trinajstić information content (AvgIpc) is 2.90. The van der Waals surface area contributed by atoms with Gasteiger partial charge < -0.3 is 9.80 Å². The Hall–Kier alpha value is 1.24. The Bertz CT molecular complexity index is 741. The van der Waals surface area contributed by atoms with Crippen LogP contribution in [0.1, 0.15) is 94.2 Å². The second-order valence-electron chi connectivity index (χ2n) is 13.9. The van der Waals surface area contributed by atoms with Crippen LogP contribution < -0.4 is 9.80 Å². The molecule has 1 aliphatic rings. The van der Waals surface area contributed by atoms with Crippen LogP contribution in [0, 0.1) is 20.5 Å². The fraction of sp³-hybridized carbons (Fsp3) is 0.741. The molecule has 1 aromatic carbocycles. The molecule has 0 aliphatic carbocycles. The first-order chi connectivity index (χ1) is 15.5. The first-order valence-corrected chi connectivity index (χ1v) is 23.6. The summed E-state index contributed by atoms with van der Waals surface area (Å²) in [5, 5.41) is 1.43. The summed E-state index contributed by atoms with van der Waals surface area (Å²) in [5.74, 6) is 0. The van der Waals surface area contributed by atoms with Gasteiger partial charge in [0.05, 0.1) is 20.6 Å². The summed E-state index contributed by atoms with van der Waals surface area (Å²) in [6.07, 6.45) is 2.33. The molecule has 0 spiro atoms. The van der Waals surface area contributed by atoms with E-state index < -0.39 is 30.0 Å². The van der Waals surface area contributed by atoms with E-state index in [0.717, 1.165) is 12.6 Å². The van der Waals surface area contributed by atoms with Gasteiger partial charge in [-0.3, -0.25) is 0 Å². The molecule has 0 atom stereocenters. The van der Waals surface area contributed by atoms with Gasteiger partial charge in [-0.15, -0.1) is 6.67 Å². The maximum atomic E-state index is 4.98. The van der Waals surface area contributed by atoms with Crippen molar-refractivity contribution < 1.29 is 14.2 Å². The number of fused-ring (bicyclic) bond motifs is 1. The van der Waals surface area contributed by atoms with Crippen molar-refractivity contribution >= 4 is 55.5 Å². The predicted octanol–water partition coefficient (Wildman–Crippen LogP) is 10.7. The van der Waals surface area contributed by atoms with Gasteiger partial charge in [0.1, 0.15) is 12.6 Å². The first kappa shape index (κ1) is 34.3. The van der Waals surface area contributed by atoms with Crippen molar-refractivity contribution in [1.82, 2.24) is 0 Å². The zero-order chi connectivity index (χ0) is 27.7. The molecule has 0 N–H and O–H groups in total. The van der Waals surface area contributed by atoms with Crippen molar-refractivity contribution in [2.45, 2.75) is 118 Å². The molecule has 2 rings (SSSR count). The minimum atomic E-state index is -1.94. The van der Waals surface area contributed by atoms with Gasteiger partial charge in [-0.25, -0.2) is 0 Å². The average molecular weight is 668 g/mol. The molecule has 0 fully saturated rings. The van der Waals surface area contributed by atoms with Crippen molar-refractivity contribution in [2.75, 3.05) is 22.4 Å². The van der Waals surface area contributed by atoms with E-state index in [-0.39, 0.29) is 0 Å². The van der Waals surface area contributed by atoms with Gasteiger partial charge in [-0.2, -0.15) is 0 Å². The standard InChI is InChI=1S/C27H49N2P2.3ClH.Mo/c1-20-15-22-23(16-21(20)2)29(19-31(26(9,10)11)27(12,13)14)17-28(22)18-30(24(3,4)5)25(6,7)8;;;;/h15-17H,18-19H2,1-14H3;3*1H;/q-1;;;;+3/p-1. The summed E-state index contributed by atoms with van der Waals surface area (Å²) >= 11 is -1.94. The van der Waals surface area contributed by atoms with Crippen LogP contribution in [0.5, 0.6) is 0 Å². The number of hydrogen-bond acceptors (Lipinski definition) is 2. The van der Waals surface area contributed by atoms with E-state index in [1.54, 1.807) is 0 Å². The van der Waals surface area contributed by atoms with Crippen molar-refractivity contribution in [2.24, 2.45) is 0 Å². The molecule has 1 aliphatic heterocycles. The molecule has 35 heavy (non-hydrogen) atoms. The first-order valence-electron chi connectivity index (χ1n) is 12.4. The molecule has 0 amide bonds. The third-order valence-electron chi connectivity index (χ3n) is 6.77. The molecule has 0 aromatic heterocycles. The molecule has 0 unspecified atom stereocenters. The summed E-state index contributed by atoms with van der Waals surface area (Å²) in [4.78, 5) is 5.22. The van der Waals surface area contributed by atoms with Crippen molar-refractivity contribution in [1.29, 1.82) is 0 Å². The molecule has 0 saturated heterocycles. The molecule has 8 heteroatoms. The van der Waals surface area contributed by atoms with E-state index in [0.29, 0.717) is 20.6 Å². The Morgan fingerprint density at radius 2 is 0.857 bits per heavy atom.